The lowest BCUT2D eigenvalue weighted by atomic mass is 9.87. The van der Waals surface area contributed by atoms with Gasteiger partial charge >= 0.3 is 5.97 Å². The van der Waals surface area contributed by atoms with Gasteiger partial charge in [0.05, 0.1) is 11.5 Å². The van der Waals surface area contributed by atoms with Crippen LogP contribution in [0.3, 0.4) is 0 Å². The van der Waals surface area contributed by atoms with E-state index in [4.69, 9.17) is 10.8 Å². The number of aromatic carboxylic acids is 1. The smallest absolute Gasteiger partial charge is 0.335 e. The normalized spacial score (nSPS) is 13.3. The number of carboxylic acid groups (broad SMARTS) is 1. The van der Waals surface area contributed by atoms with Crippen LogP contribution in [0.1, 0.15) is 33.4 Å². The minimum absolute atomic E-state index is 0.112. The predicted molar refractivity (Wildman–Crippen MR) is 81.4 cm³/mol. The van der Waals surface area contributed by atoms with E-state index in [1.807, 2.05) is 6.07 Å². The van der Waals surface area contributed by atoms with Crippen LogP contribution in [0.2, 0.25) is 0 Å². The number of nitrogens with zero attached hydrogens (tertiary/aromatic N) is 1. The van der Waals surface area contributed by atoms with E-state index in [2.05, 4.69) is 0 Å². The van der Waals surface area contributed by atoms with Crippen LogP contribution in [0.4, 0.5) is 0 Å². The van der Waals surface area contributed by atoms with Crippen molar-refractivity contribution in [2.75, 3.05) is 6.54 Å². The lowest BCUT2D eigenvalue weighted by molar-refractivity contribution is -0.484. The lowest BCUT2D eigenvalue weighted by Crippen LogP contribution is -2.26. The molecule has 2 atom stereocenters. The van der Waals surface area contributed by atoms with Gasteiger partial charge in [-0.25, -0.2) is 4.79 Å². The van der Waals surface area contributed by atoms with Crippen LogP contribution < -0.4 is 5.73 Å². The molecule has 0 aliphatic heterocycles. The van der Waals surface area contributed by atoms with Gasteiger partial charge in [-0.2, -0.15) is 0 Å². The largest absolute Gasteiger partial charge is 0.478 e. The first-order chi connectivity index (χ1) is 10.5. The molecule has 0 heterocycles. The maximum atomic E-state index is 11.0. The van der Waals surface area contributed by atoms with E-state index in [1.165, 1.54) is 12.1 Å². The molecule has 0 radical (unpaired) electrons. The molecule has 3 N–H and O–H groups in total. The fourth-order valence-electron chi connectivity index (χ4n) is 2.40. The number of benzene rings is 2. The molecule has 0 amide bonds. The van der Waals surface area contributed by atoms with Crippen molar-refractivity contribution in [1.82, 2.24) is 0 Å². The summed E-state index contributed by atoms with van der Waals surface area (Å²) in [5, 5.41) is 20.0. The maximum Gasteiger partial charge on any atom is 0.335 e. The van der Waals surface area contributed by atoms with Gasteiger partial charge in [-0.3, -0.25) is 10.1 Å². The third-order valence-corrected chi connectivity index (χ3v) is 3.53. The van der Waals surface area contributed by atoms with Crippen LogP contribution in [0.5, 0.6) is 0 Å². The molecule has 2 rings (SSSR count). The molecule has 0 aliphatic rings. The second-order valence-corrected chi connectivity index (χ2v) is 4.99. The first kappa shape index (κ1) is 15.7. The molecule has 0 spiro atoms. The minimum Gasteiger partial charge on any atom is -0.478 e. The maximum absolute atomic E-state index is 11.0. The number of rotatable bonds is 6. The van der Waals surface area contributed by atoms with Gasteiger partial charge in [0.15, 0.2) is 0 Å². The zero-order chi connectivity index (χ0) is 16.1. The second-order valence-electron chi connectivity index (χ2n) is 4.99. The molecule has 0 aliphatic carbocycles. The van der Waals surface area contributed by atoms with Gasteiger partial charge < -0.3 is 10.8 Å². The summed E-state index contributed by atoms with van der Waals surface area (Å²) < 4.78 is 0. The molecule has 2 aromatic carbocycles. The van der Waals surface area contributed by atoms with E-state index < -0.39 is 22.9 Å². The highest BCUT2D eigenvalue weighted by atomic mass is 16.6. The van der Waals surface area contributed by atoms with Crippen LogP contribution in [-0.4, -0.2) is 22.5 Å². The first-order valence-corrected chi connectivity index (χ1v) is 6.74. The van der Waals surface area contributed by atoms with Gasteiger partial charge in [-0.15, -0.1) is 0 Å². The number of hydrogen-bond donors (Lipinski definition) is 2. The summed E-state index contributed by atoms with van der Waals surface area (Å²) in [5.74, 6) is -1.58. The van der Waals surface area contributed by atoms with Crippen molar-refractivity contribution in [3.63, 3.8) is 0 Å². The molecule has 0 bridgehead atoms. The lowest BCUT2D eigenvalue weighted by Gasteiger charge is -2.21. The highest BCUT2D eigenvalue weighted by Gasteiger charge is 2.26. The standard InChI is InChI=1S/C16H16N2O4/c17-15(12-7-4-8-13(9-12)16(19)20)14(10-18(21)22)11-5-2-1-3-6-11/h1-9,14-15H,10,17H2,(H,19,20). The van der Waals surface area contributed by atoms with Crippen LogP contribution in [0.25, 0.3) is 0 Å². The van der Waals surface area contributed by atoms with Crippen molar-refractivity contribution in [3.05, 3.63) is 81.4 Å². The molecule has 0 aromatic heterocycles. The van der Waals surface area contributed by atoms with Crippen LogP contribution in [0, 0.1) is 10.1 Å². The van der Waals surface area contributed by atoms with E-state index in [-0.39, 0.29) is 12.1 Å². The molecule has 2 unspecified atom stereocenters. The summed E-state index contributed by atoms with van der Waals surface area (Å²) in [7, 11) is 0. The van der Waals surface area contributed by atoms with Crippen molar-refractivity contribution in [2.24, 2.45) is 5.73 Å². The fraction of sp³-hybridized carbons (Fsp3) is 0.188. The zero-order valence-electron chi connectivity index (χ0n) is 11.8. The second kappa shape index (κ2) is 6.82. The number of nitro groups is 1. The Hall–Kier alpha value is -2.73. The van der Waals surface area contributed by atoms with Crippen LogP contribution in [0.15, 0.2) is 54.6 Å². The Morgan fingerprint density at radius 2 is 1.77 bits per heavy atom. The van der Waals surface area contributed by atoms with Crippen LogP contribution >= 0.6 is 0 Å². The summed E-state index contributed by atoms with van der Waals surface area (Å²) in [5.41, 5.74) is 7.63. The molecule has 114 valence electrons. The van der Waals surface area contributed by atoms with Crippen molar-refractivity contribution < 1.29 is 14.8 Å². The van der Waals surface area contributed by atoms with Crippen molar-refractivity contribution in [3.8, 4) is 0 Å². The minimum atomic E-state index is -1.06. The van der Waals surface area contributed by atoms with Gasteiger partial charge in [0.25, 0.3) is 0 Å². The van der Waals surface area contributed by atoms with Gasteiger partial charge in [0.2, 0.25) is 6.54 Å². The Balaban J connectivity index is 2.37. The molecular weight excluding hydrogens is 284 g/mol. The number of carboxylic acids is 1. The van der Waals surface area contributed by atoms with Gasteiger partial charge in [-0.05, 0) is 23.3 Å². The number of nitrogens with two attached hydrogens (primary N) is 1. The van der Waals surface area contributed by atoms with Gasteiger partial charge in [-0.1, -0.05) is 42.5 Å². The molecule has 2 aromatic rings. The van der Waals surface area contributed by atoms with E-state index >= 15 is 0 Å². The molecule has 6 nitrogen and oxygen atoms in total. The molecule has 0 fully saturated rings. The van der Waals surface area contributed by atoms with Crippen molar-refractivity contribution >= 4 is 5.97 Å². The van der Waals surface area contributed by atoms with E-state index in [9.17, 15) is 14.9 Å². The average Bonchev–Trinajstić information content (AvgIpc) is 2.52. The average molecular weight is 300 g/mol. The number of carbonyl (C=O) groups is 1. The fourth-order valence-corrected chi connectivity index (χ4v) is 2.40. The third-order valence-electron chi connectivity index (χ3n) is 3.53. The summed E-state index contributed by atoms with van der Waals surface area (Å²) in [6.07, 6.45) is 0. The molecule has 0 saturated carbocycles. The Morgan fingerprint density at radius 1 is 1.14 bits per heavy atom. The summed E-state index contributed by atoms with van der Waals surface area (Å²) in [4.78, 5) is 21.6. The number of hydrogen-bond acceptors (Lipinski definition) is 4. The SMILES string of the molecule is NC(c1cccc(C(=O)O)c1)C(C[N+](=O)[O-])c1ccccc1. The van der Waals surface area contributed by atoms with E-state index in [1.54, 1.807) is 36.4 Å². The van der Waals surface area contributed by atoms with Crippen molar-refractivity contribution in [1.29, 1.82) is 0 Å². The monoisotopic (exact) mass is 300 g/mol. The Labute approximate surface area is 127 Å². The summed E-state index contributed by atoms with van der Waals surface area (Å²) in [6.45, 7) is -0.317. The Morgan fingerprint density at radius 3 is 2.36 bits per heavy atom. The summed E-state index contributed by atoms with van der Waals surface area (Å²) >= 11 is 0. The van der Waals surface area contributed by atoms with Crippen molar-refractivity contribution in [2.45, 2.75) is 12.0 Å². The highest BCUT2D eigenvalue weighted by Crippen LogP contribution is 2.29. The van der Waals surface area contributed by atoms with Crippen LogP contribution in [-0.2, 0) is 0 Å². The van der Waals surface area contributed by atoms with E-state index in [0.29, 0.717) is 5.56 Å². The van der Waals surface area contributed by atoms with Gasteiger partial charge in [0.1, 0.15) is 0 Å². The molecular formula is C16H16N2O4. The molecule has 22 heavy (non-hydrogen) atoms. The summed E-state index contributed by atoms with van der Waals surface area (Å²) in [6, 6.07) is 14.5. The third kappa shape index (κ3) is 3.67. The Bertz CT molecular complexity index is 673. The van der Waals surface area contributed by atoms with Gasteiger partial charge in [0, 0.05) is 11.0 Å². The topological polar surface area (TPSA) is 106 Å². The molecule has 6 heteroatoms. The predicted octanol–water partition coefficient (Wildman–Crippen LogP) is 2.45. The van der Waals surface area contributed by atoms with E-state index in [0.717, 1.165) is 5.56 Å². The zero-order valence-corrected chi connectivity index (χ0v) is 11.8. The Kier molecular flexibility index (Phi) is 4.85. The first-order valence-electron chi connectivity index (χ1n) is 6.74. The quantitative estimate of drug-likeness (QED) is 0.629. The highest BCUT2D eigenvalue weighted by molar-refractivity contribution is 5.87. The molecule has 0 saturated heterocycles.